The molecule has 0 spiro atoms. The minimum Gasteiger partial charge on any atom is -0.399 e. The van der Waals surface area contributed by atoms with Crippen molar-refractivity contribution in [2.45, 2.75) is 0 Å². The van der Waals surface area contributed by atoms with Crippen molar-refractivity contribution in [3.63, 3.8) is 0 Å². The Kier molecular flexibility index (Phi) is 2.48. The molecule has 0 amide bonds. The first-order valence-electron chi connectivity index (χ1n) is 5.73. The van der Waals surface area contributed by atoms with Crippen molar-refractivity contribution >= 4 is 16.7 Å². The molecule has 19 heavy (non-hydrogen) atoms. The molecule has 0 aliphatic heterocycles. The normalized spacial score (nSPS) is 11.1. The first-order valence-corrected chi connectivity index (χ1v) is 5.73. The molecule has 3 aromatic rings. The van der Waals surface area contributed by atoms with E-state index in [9.17, 15) is 8.78 Å². The van der Waals surface area contributed by atoms with Crippen LogP contribution < -0.4 is 5.73 Å². The predicted molar refractivity (Wildman–Crippen MR) is 70.5 cm³/mol. The number of nitrogens with zero attached hydrogens (tertiary/aromatic N) is 2. The zero-order chi connectivity index (χ0) is 13.6. The molecule has 0 saturated carbocycles. The fourth-order valence-electron chi connectivity index (χ4n) is 2.12. The molecule has 2 N–H and O–H groups in total. The molecule has 1 aromatic heterocycles. The summed E-state index contributed by atoms with van der Waals surface area (Å²) in [6.45, 7) is 0. The maximum Gasteiger partial charge on any atom is 0.143 e. The lowest BCUT2D eigenvalue weighted by atomic mass is 10.2. The van der Waals surface area contributed by atoms with Crippen LogP contribution >= 0.6 is 0 Å². The van der Waals surface area contributed by atoms with Gasteiger partial charge in [-0.1, -0.05) is 0 Å². The summed E-state index contributed by atoms with van der Waals surface area (Å²) in [6, 6.07) is 8.57. The molecule has 3 rings (SSSR count). The molecule has 5 heteroatoms. The van der Waals surface area contributed by atoms with Crippen LogP contribution in [0.2, 0.25) is 0 Å². The molecule has 3 nitrogen and oxygen atoms in total. The van der Waals surface area contributed by atoms with Crippen molar-refractivity contribution in [3.05, 3.63) is 48.0 Å². The Morgan fingerprint density at radius 3 is 2.68 bits per heavy atom. The second kappa shape index (κ2) is 4.05. The molecule has 0 fully saturated rings. The highest BCUT2D eigenvalue weighted by Gasteiger charge is 2.14. The van der Waals surface area contributed by atoms with Crippen LogP contribution in [0.25, 0.3) is 22.4 Å². The molecule has 0 bridgehead atoms. The topological polar surface area (TPSA) is 43.8 Å². The van der Waals surface area contributed by atoms with Crippen molar-refractivity contribution in [1.82, 2.24) is 9.55 Å². The minimum atomic E-state index is -0.409. The summed E-state index contributed by atoms with van der Waals surface area (Å²) < 4.78 is 28.7. The summed E-state index contributed by atoms with van der Waals surface area (Å²) in [5.74, 6) is -0.339. The van der Waals surface area contributed by atoms with Gasteiger partial charge < -0.3 is 10.3 Å². The van der Waals surface area contributed by atoms with Gasteiger partial charge in [-0.25, -0.2) is 13.8 Å². The SMILES string of the molecule is Cn1c(-c2cc(N)ccc2F)nc2ccc(F)cc21. The summed E-state index contributed by atoms with van der Waals surface area (Å²) in [6.07, 6.45) is 0. The van der Waals surface area contributed by atoms with E-state index in [1.807, 2.05) is 0 Å². The van der Waals surface area contributed by atoms with Crippen LogP contribution in [0.5, 0.6) is 0 Å². The van der Waals surface area contributed by atoms with Crippen molar-refractivity contribution in [2.24, 2.45) is 7.05 Å². The number of hydrogen-bond donors (Lipinski definition) is 1. The second-order valence-corrected chi connectivity index (χ2v) is 4.37. The molecule has 0 aliphatic carbocycles. The van der Waals surface area contributed by atoms with Gasteiger partial charge in [-0.15, -0.1) is 0 Å². The number of nitrogen functional groups attached to an aromatic ring is 1. The van der Waals surface area contributed by atoms with Crippen molar-refractivity contribution in [2.75, 3.05) is 5.73 Å². The van der Waals surface area contributed by atoms with E-state index in [1.54, 1.807) is 17.7 Å². The van der Waals surface area contributed by atoms with Gasteiger partial charge >= 0.3 is 0 Å². The predicted octanol–water partition coefficient (Wildman–Crippen LogP) is 3.10. The lowest BCUT2D eigenvalue weighted by Crippen LogP contribution is -1.96. The van der Waals surface area contributed by atoms with Crippen molar-refractivity contribution in [1.29, 1.82) is 0 Å². The van der Waals surface area contributed by atoms with E-state index >= 15 is 0 Å². The Balaban J connectivity index is 2.31. The van der Waals surface area contributed by atoms with Crippen molar-refractivity contribution < 1.29 is 8.78 Å². The van der Waals surface area contributed by atoms with Crippen LogP contribution in [0.3, 0.4) is 0 Å². The van der Waals surface area contributed by atoms with Crippen molar-refractivity contribution in [3.8, 4) is 11.4 Å². The third-order valence-corrected chi connectivity index (χ3v) is 3.07. The number of fused-ring (bicyclic) bond motifs is 1. The highest BCUT2D eigenvalue weighted by molar-refractivity contribution is 5.81. The number of halogens is 2. The van der Waals surface area contributed by atoms with Gasteiger partial charge in [0, 0.05) is 12.7 Å². The molecular weight excluding hydrogens is 248 g/mol. The summed E-state index contributed by atoms with van der Waals surface area (Å²) in [4.78, 5) is 4.33. The van der Waals surface area contributed by atoms with E-state index in [0.717, 1.165) is 0 Å². The highest BCUT2D eigenvalue weighted by Crippen LogP contribution is 2.27. The average Bonchev–Trinajstić information content (AvgIpc) is 2.70. The Bertz CT molecular complexity index is 778. The quantitative estimate of drug-likeness (QED) is 0.682. The lowest BCUT2D eigenvalue weighted by Gasteiger charge is -2.05. The van der Waals surface area contributed by atoms with Gasteiger partial charge in [0.05, 0.1) is 16.6 Å². The Morgan fingerprint density at radius 2 is 1.89 bits per heavy atom. The van der Waals surface area contributed by atoms with Gasteiger partial charge in [0.25, 0.3) is 0 Å². The van der Waals surface area contributed by atoms with Crippen LogP contribution in [-0.4, -0.2) is 9.55 Å². The third-order valence-electron chi connectivity index (χ3n) is 3.07. The Hall–Kier alpha value is -2.43. The smallest absolute Gasteiger partial charge is 0.143 e. The number of benzene rings is 2. The maximum atomic E-state index is 13.9. The molecule has 96 valence electrons. The van der Waals surface area contributed by atoms with E-state index in [-0.39, 0.29) is 5.82 Å². The third kappa shape index (κ3) is 1.83. The zero-order valence-corrected chi connectivity index (χ0v) is 10.2. The number of hydrogen-bond acceptors (Lipinski definition) is 2. The number of aryl methyl sites for hydroxylation is 1. The van der Waals surface area contributed by atoms with Gasteiger partial charge in [0.15, 0.2) is 0 Å². The van der Waals surface area contributed by atoms with E-state index in [2.05, 4.69) is 4.98 Å². The number of rotatable bonds is 1. The first kappa shape index (κ1) is 11.6. The minimum absolute atomic E-state index is 0.305. The first-order chi connectivity index (χ1) is 9.06. The fraction of sp³-hybridized carbons (Fsp3) is 0.0714. The number of anilines is 1. The van der Waals surface area contributed by atoms with Crippen LogP contribution in [0.1, 0.15) is 0 Å². The molecular formula is C14H11F2N3. The largest absolute Gasteiger partial charge is 0.399 e. The van der Waals surface area contributed by atoms with Gasteiger partial charge in [0.2, 0.25) is 0 Å². The standard InChI is InChI=1S/C14H11F2N3/c1-19-13-6-8(15)2-5-12(13)18-14(19)10-7-9(17)3-4-11(10)16/h2-7H,17H2,1H3. The molecule has 1 heterocycles. The summed E-state index contributed by atoms with van der Waals surface area (Å²) >= 11 is 0. The summed E-state index contributed by atoms with van der Waals surface area (Å²) in [5, 5.41) is 0. The molecule has 0 unspecified atom stereocenters. The van der Waals surface area contributed by atoms with E-state index in [1.165, 1.54) is 30.3 Å². The fourth-order valence-corrected chi connectivity index (χ4v) is 2.12. The number of imidazole rings is 1. The number of aromatic nitrogens is 2. The highest BCUT2D eigenvalue weighted by atomic mass is 19.1. The zero-order valence-electron chi connectivity index (χ0n) is 10.2. The molecule has 2 aromatic carbocycles. The second-order valence-electron chi connectivity index (χ2n) is 4.37. The monoisotopic (exact) mass is 259 g/mol. The molecule has 0 atom stereocenters. The maximum absolute atomic E-state index is 13.9. The van der Waals surface area contributed by atoms with Gasteiger partial charge in [0.1, 0.15) is 17.5 Å². The van der Waals surface area contributed by atoms with E-state index < -0.39 is 5.82 Å². The summed E-state index contributed by atoms with van der Waals surface area (Å²) in [7, 11) is 1.72. The van der Waals surface area contributed by atoms with Crippen LogP contribution in [0.4, 0.5) is 14.5 Å². The summed E-state index contributed by atoms with van der Waals surface area (Å²) in [5.41, 5.74) is 7.65. The van der Waals surface area contributed by atoms with Gasteiger partial charge in [-0.2, -0.15) is 0 Å². The number of nitrogens with two attached hydrogens (primary N) is 1. The van der Waals surface area contributed by atoms with Gasteiger partial charge in [-0.05, 0) is 36.4 Å². The van der Waals surface area contributed by atoms with E-state index in [0.29, 0.717) is 28.1 Å². The molecule has 0 radical (unpaired) electrons. The van der Waals surface area contributed by atoms with Crippen LogP contribution in [0, 0.1) is 11.6 Å². The molecule has 0 aliphatic rings. The van der Waals surface area contributed by atoms with E-state index in [4.69, 9.17) is 5.73 Å². The van der Waals surface area contributed by atoms with Gasteiger partial charge in [-0.3, -0.25) is 0 Å². The van der Waals surface area contributed by atoms with Crippen LogP contribution in [-0.2, 0) is 7.05 Å². The Morgan fingerprint density at radius 1 is 1.11 bits per heavy atom. The Labute approximate surface area is 108 Å². The lowest BCUT2D eigenvalue weighted by molar-refractivity contribution is 0.628. The molecule has 0 saturated heterocycles. The van der Waals surface area contributed by atoms with Crippen LogP contribution in [0.15, 0.2) is 36.4 Å². The average molecular weight is 259 g/mol.